The van der Waals surface area contributed by atoms with Crippen molar-refractivity contribution in [3.63, 3.8) is 0 Å². The quantitative estimate of drug-likeness (QED) is 0.494. The van der Waals surface area contributed by atoms with Crippen molar-refractivity contribution in [1.82, 2.24) is 24.5 Å². The second-order valence-corrected chi connectivity index (χ2v) is 11.8. The second-order valence-electron chi connectivity index (χ2n) is 10.2. The summed E-state index contributed by atoms with van der Waals surface area (Å²) in [5.74, 6) is 1.03. The van der Waals surface area contributed by atoms with E-state index < -0.39 is 15.9 Å². The van der Waals surface area contributed by atoms with Crippen LogP contribution in [0, 0.1) is 11.8 Å². The molecule has 1 aliphatic rings. The van der Waals surface area contributed by atoms with E-state index in [2.05, 4.69) is 54.3 Å². The molecule has 3 aromatic heterocycles. The van der Waals surface area contributed by atoms with Gasteiger partial charge in [-0.3, -0.25) is 4.79 Å². The molecule has 4 rings (SSSR count). The first kappa shape index (κ1) is 25.6. The van der Waals surface area contributed by atoms with Crippen LogP contribution in [0.4, 0.5) is 11.6 Å². The van der Waals surface area contributed by atoms with Crippen molar-refractivity contribution in [2.45, 2.75) is 58.0 Å². The molecule has 3 aromatic rings. The smallest absolute Gasteiger partial charge is 0.281 e. The summed E-state index contributed by atoms with van der Waals surface area (Å²) in [6, 6.07) is 9.44. The third kappa shape index (κ3) is 5.06. The van der Waals surface area contributed by atoms with Crippen molar-refractivity contribution >= 4 is 27.6 Å². The van der Waals surface area contributed by atoms with Crippen LogP contribution in [0.1, 0.15) is 57.1 Å². The molecule has 1 fully saturated rings. The molecule has 1 aliphatic heterocycles. The van der Waals surface area contributed by atoms with Crippen molar-refractivity contribution in [2.75, 3.05) is 17.2 Å². The third-order valence-corrected chi connectivity index (χ3v) is 8.02. The van der Waals surface area contributed by atoms with Crippen LogP contribution in [-0.4, -0.2) is 46.2 Å². The van der Waals surface area contributed by atoms with Gasteiger partial charge in [0.15, 0.2) is 10.8 Å². The van der Waals surface area contributed by atoms with Gasteiger partial charge in [-0.2, -0.15) is 13.5 Å². The van der Waals surface area contributed by atoms with Gasteiger partial charge < -0.3 is 10.6 Å². The van der Waals surface area contributed by atoms with E-state index in [1.54, 1.807) is 16.8 Å². The fourth-order valence-corrected chi connectivity index (χ4v) is 5.33. The molecular formula is C25H33N7O3S. The van der Waals surface area contributed by atoms with E-state index in [4.69, 9.17) is 10.7 Å². The normalized spacial score (nSPS) is 17.5. The molecular weight excluding hydrogens is 478 g/mol. The van der Waals surface area contributed by atoms with E-state index in [0.717, 1.165) is 18.5 Å². The van der Waals surface area contributed by atoms with Crippen LogP contribution in [0.2, 0.25) is 0 Å². The first-order valence-electron chi connectivity index (χ1n) is 12.0. The number of carbonyl (C=O) groups excluding carboxylic acids is 1. The lowest BCUT2D eigenvalue weighted by Gasteiger charge is -2.36. The first-order valence-corrected chi connectivity index (χ1v) is 13.5. The highest BCUT2D eigenvalue weighted by Gasteiger charge is 2.41. The largest absolute Gasteiger partial charge is 0.384 e. The number of rotatable bonds is 7. The average molecular weight is 512 g/mol. The maximum Gasteiger partial charge on any atom is 0.281 e. The van der Waals surface area contributed by atoms with Crippen LogP contribution >= 0.6 is 0 Å². The van der Waals surface area contributed by atoms with E-state index in [1.807, 2.05) is 12.3 Å². The van der Waals surface area contributed by atoms with Crippen LogP contribution in [0.25, 0.3) is 5.82 Å². The highest BCUT2D eigenvalue weighted by molar-refractivity contribution is 7.90. The molecule has 3 N–H and O–H groups in total. The molecule has 10 nitrogen and oxygen atoms in total. The van der Waals surface area contributed by atoms with Crippen LogP contribution in [0.3, 0.4) is 0 Å². The number of hydrogen-bond acceptors (Lipinski definition) is 8. The average Bonchev–Trinajstić information content (AvgIpc) is 3.36. The molecule has 1 atom stereocenters. The van der Waals surface area contributed by atoms with Crippen molar-refractivity contribution in [3.8, 4) is 5.82 Å². The molecule has 1 amide bonds. The van der Waals surface area contributed by atoms with Crippen LogP contribution < -0.4 is 15.4 Å². The van der Waals surface area contributed by atoms with Gasteiger partial charge in [-0.1, -0.05) is 26.8 Å². The summed E-state index contributed by atoms with van der Waals surface area (Å²) in [5, 5.41) is 4.31. The first-order chi connectivity index (χ1) is 16.9. The predicted octanol–water partition coefficient (Wildman–Crippen LogP) is 3.19. The highest BCUT2D eigenvalue weighted by Crippen LogP contribution is 2.38. The molecule has 0 spiro atoms. The summed E-state index contributed by atoms with van der Waals surface area (Å²) < 4.78 is 29.5. The second kappa shape index (κ2) is 9.53. The van der Waals surface area contributed by atoms with Crippen molar-refractivity contribution in [2.24, 2.45) is 11.8 Å². The number of amides is 1. The van der Waals surface area contributed by atoms with Crippen molar-refractivity contribution in [1.29, 1.82) is 0 Å². The minimum atomic E-state index is -4.23. The van der Waals surface area contributed by atoms with E-state index in [1.165, 1.54) is 18.2 Å². The van der Waals surface area contributed by atoms with E-state index >= 15 is 0 Å². The Labute approximate surface area is 212 Å². The molecule has 0 aromatic carbocycles. The number of nitrogens with one attached hydrogen (secondary N) is 1. The topological polar surface area (TPSA) is 136 Å². The Bertz CT molecular complexity index is 1380. The summed E-state index contributed by atoms with van der Waals surface area (Å²) in [5.41, 5.74) is 6.45. The molecule has 1 unspecified atom stereocenters. The number of nitrogens with zero attached hydrogens (tertiary/aromatic N) is 5. The van der Waals surface area contributed by atoms with E-state index in [0.29, 0.717) is 30.0 Å². The summed E-state index contributed by atoms with van der Waals surface area (Å²) >= 11 is 0. The third-order valence-electron chi connectivity index (χ3n) is 6.79. The Morgan fingerprint density at radius 3 is 2.58 bits per heavy atom. The lowest BCUT2D eigenvalue weighted by molar-refractivity contribution is 0.0981. The minimum absolute atomic E-state index is 0.0425. The summed E-state index contributed by atoms with van der Waals surface area (Å²) in [7, 11) is -4.23. The van der Waals surface area contributed by atoms with Gasteiger partial charge in [-0.15, -0.1) is 0 Å². The number of aromatic nitrogens is 4. The fourth-order valence-electron chi connectivity index (χ4n) is 4.38. The number of anilines is 2. The number of carbonyl (C=O) groups is 1. The summed E-state index contributed by atoms with van der Waals surface area (Å²) in [4.78, 5) is 24.1. The Morgan fingerprint density at radius 1 is 1.19 bits per heavy atom. The van der Waals surface area contributed by atoms with Gasteiger partial charge in [0.2, 0.25) is 0 Å². The Morgan fingerprint density at radius 2 is 1.94 bits per heavy atom. The van der Waals surface area contributed by atoms with Gasteiger partial charge in [-0.25, -0.2) is 19.4 Å². The zero-order chi connectivity index (χ0) is 26.3. The van der Waals surface area contributed by atoms with Gasteiger partial charge in [0.05, 0.1) is 11.3 Å². The maximum absolute atomic E-state index is 13.3. The van der Waals surface area contributed by atoms with Gasteiger partial charge in [0, 0.05) is 18.3 Å². The molecule has 0 saturated carbocycles. The van der Waals surface area contributed by atoms with E-state index in [9.17, 15) is 13.2 Å². The lowest BCUT2D eigenvalue weighted by Crippen LogP contribution is -2.44. The van der Waals surface area contributed by atoms with Crippen LogP contribution in [-0.2, 0) is 16.4 Å². The van der Waals surface area contributed by atoms with Crippen LogP contribution in [0.5, 0.6) is 0 Å². The van der Waals surface area contributed by atoms with Gasteiger partial charge in [-0.05, 0) is 68.9 Å². The zero-order valence-corrected chi connectivity index (χ0v) is 22.1. The highest BCUT2D eigenvalue weighted by atomic mass is 32.2. The fraction of sp³-hybridized carbons (Fsp3) is 0.440. The number of nitrogens with two attached hydrogens (primary N) is 1. The van der Waals surface area contributed by atoms with Crippen molar-refractivity contribution in [3.05, 3.63) is 53.9 Å². The maximum atomic E-state index is 13.3. The van der Waals surface area contributed by atoms with E-state index in [-0.39, 0.29) is 21.9 Å². The molecule has 192 valence electrons. The molecule has 36 heavy (non-hydrogen) atoms. The summed E-state index contributed by atoms with van der Waals surface area (Å²) in [6.07, 6.45) is 3.61. The van der Waals surface area contributed by atoms with Gasteiger partial charge >= 0.3 is 0 Å². The molecule has 0 aliphatic carbocycles. The molecule has 11 heteroatoms. The summed E-state index contributed by atoms with van der Waals surface area (Å²) in [6.45, 7) is 11.3. The molecule has 4 heterocycles. The Balaban J connectivity index is 1.74. The lowest BCUT2D eigenvalue weighted by atomic mass is 9.90. The standard InChI is InChI=1S/C25H33N7O3S/c1-16(2)15-18-12-14-32(29-18)21-10-9-19(23(28-21)31-13-11-17(3)25(31,4)5)24(33)30-36(34,35)22-8-6-7-20(26)27-22/h6-10,12,14,16-17H,11,13,15H2,1-5H3,(H2,26,27)(H,30,33). The molecule has 1 saturated heterocycles. The zero-order valence-electron chi connectivity index (χ0n) is 21.3. The monoisotopic (exact) mass is 511 g/mol. The van der Waals surface area contributed by atoms with Crippen LogP contribution in [0.15, 0.2) is 47.6 Å². The van der Waals surface area contributed by atoms with Crippen molar-refractivity contribution < 1.29 is 13.2 Å². The SMILES string of the molecule is CC(C)Cc1ccn(-c2ccc(C(=O)NS(=O)(=O)c3cccc(N)n3)c(N3CCC(C)C3(C)C)n2)n1. The number of nitrogen functional groups attached to an aromatic ring is 1. The molecule has 0 bridgehead atoms. The number of sulfonamides is 1. The van der Waals surface area contributed by atoms with Gasteiger partial charge in [0.25, 0.3) is 15.9 Å². The Hall–Kier alpha value is -3.47. The molecule has 0 radical (unpaired) electrons. The van der Waals surface area contributed by atoms with Gasteiger partial charge in [0.1, 0.15) is 11.6 Å². The predicted molar refractivity (Wildman–Crippen MR) is 138 cm³/mol. The minimum Gasteiger partial charge on any atom is -0.384 e. The Kier molecular flexibility index (Phi) is 6.78. The number of hydrogen-bond donors (Lipinski definition) is 2. The number of pyridine rings is 2.